The van der Waals surface area contributed by atoms with E-state index in [2.05, 4.69) is 5.32 Å². The van der Waals surface area contributed by atoms with Crippen LogP contribution in [-0.4, -0.2) is 18.0 Å². The van der Waals surface area contributed by atoms with Crippen LogP contribution >= 0.6 is 11.6 Å². The molecule has 1 fully saturated rings. The summed E-state index contributed by atoms with van der Waals surface area (Å²) in [6.45, 7) is 0. The van der Waals surface area contributed by atoms with Gasteiger partial charge in [0.15, 0.2) is 0 Å². The molecule has 0 saturated heterocycles. The first kappa shape index (κ1) is 11.4. The molecule has 0 aliphatic heterocycles. The average Bonchev–Trinajstić information content (AvgIpc) is 2.15. The highest BCUT2D eigenvalue weighted by molar-refractivity contribution is 6.33. The third-order valence-electron chi connectivity index (χ3n) is 2.70. The number of carbonyl (C=O) groups is 1. The fraction of sp³-hybridized carbons (Fsp3) is 0.364. The van der Waals surface area contributed by atoms with Crippen LogP contribution in [0.5, 0.6) is 0 Å². The molecule has 2 rings (SSSR count). The molecule has 0 spiro atoms. The Labute approximate surface area is 97.8 Å². The Bertz CT molecular complexity index is 398. The number of benzene rings is 1. The van der Waals surface area contributed by atoms with Crippen LogP contribution in [0.1, 0.15) is 23.2 Å². The van der Waals surface area contributed by atoms with Crippen molar-refractivity contribution in [3.05, 3.63) is 34.6 Å². The highest BCUT2D eigenvalue weighted by atomic mass is 35.5. The van der Waals surface area contributed by atoms with Crippen molar-refractivity contribution in [1.82, 2.24) is 5.32 Å². The van der Waals surface area contributed by atoms with E-state index in [0.717, 1.165) is 12.8 Å². The van der Waals surface area contributed by atoms with Gasteiger partial charge in [0.1, 0.15) is 5.82 Å². The molecule has 1 aromatic rings. The minimum Gasteiger partial charge on any atom is -0.349 e. The van der Waals surface area contributed by atoms with E-state index in [1.807, 2.05) is 0 Å². The summed E-state index contributed by atoms with van der Waals surface area (Å²) in [4.78, 5) is 11.7. The fourth-order valence-electron chi connectivity index (χ4n) is 1.75. The smallest absolute Gasteiger partial charge is 0.255 e. The maximum Gasteiger partial charge on any atom is 0.255 e. The van der Waals surface area contributed by atoms with E-state index >= 15 is 0 Å². The van der Waals surface area contributed by atoms with Crippen LogP contribution in [0.4, 0.5) is 4.39 Å². The quantitative estimate of drug-likeness (QED) is 0.829. The Morgan fingerprint density at radius 2 is 2.19 bits per heavy atom. The molecule has 16 heavy (non-hydrogen) atoms. The van der Waals surface area contributed by atoms with E-state index in [1.165, 1.54) is 18.2 Å². The Morgan fingerprint density at radius 3 is 2.75 bits per heavy atom. The van der Waals surface area contributed by atoms with Crippen molar-refractivity contribution in [2.45, 2.75) is 24.9 Å². The number of hydrogen-bond donors (Lipinski definition) is 2. The van der Waals surface area contributed by atoms with Gasteiger partial charge in [-0.2, -0.15) is 0 Å². The predicted molar refractivity (Wildman–Crippen MR) is 59.9 cm³/mol. The van der Waals surface area contributed by atoms with Crippen LogP contribution < -0.4 is 11.1 Å². The topological polar surface area (TPSA) is 55.1 Å². The van der Waals surface area contributed by atoms with Crippen molar-refractivity contribution in [1.29, 1.82) is 0 Å². The normalized spacial score (nSPS) is 23.7. The molecule has 3 nitrogen and oxygen atoms in total. The van der Waals surface area contributed by atoms with E-state index in [9.17, 15) is 9.18 Å². The van der Waals surface area contributed by atoms with E-state index in [4.69, 9.17) is 17.3 Å². The first-order valence-electron chi connectivity index (χ1n) is 5.08. The summed E-state index contributed by atoms with van der Waals surface area (Å²) in [6.07, 6.45) is 1.47. The average molecular weight is 243 g/mol. The van der Waals surface area contributed by atoms with E-state index in [-0.39, 0.29) is 22.7 Å². The van der Waals surface area contributed by atoms with Crippen molar-refractivity contribution >= 4 is 17.5 Å². The third-order valence-corrected chi connectivity index (χ3v) is 3.01. The molecule has 86 valence electrons. The van der Waals surface area contributed by atoms with Crippen LogP contribution in [0.3, 0.4) is 0 Å². The second-order valence-electron chi connectivity index (χ2n) is 4.00. The Hall–Kier alpha value is -1.13. The van der Waals surface area contributed by atoms with Crippen LogP contribution in [0.15, 0.2) is 18.2 Å². The van der Waals surface area contributed by atoms with Gasteiger partial charge in [-0.15, -0.1) is 0 Å². The highest BCUT2D eigenvalue weighted by Gasteiger charge is 2.28. The molecule has 0 unspecified atom stereocenters. The van der Waals surface area contributed by atoms with Gasteiger partial charge in [-0.25, -0.2) is 4.39 Å². The molecule has 0 aromatic heterocycles. The van der Waals surface area contributed by atoms with Crippen molar-refractivity contribution in [3.8, 4) is 0 Å². The first-order valence-corrected chi connectivity index (χ1v) is 5.46. The predicted octanol–water partition coefficient (Wildman–Crippen LogP) is 1.70. The number of carbonyl (C=O) groups excluding carboxylic acids is 1. The highest BCUT2D eigenvalue weighted by Crippen LogP contribution is 2.22. The summed E-state index contributed by atoms with van der Waals surface area (Å²) >= 11 is 5.77. The van der Waals surface area contributed by atoms with E-state index in [0.29, 0.717) is 0 Å². The lowest BCUT2D eigenvalue weighted by molar-refractivity contribution is 0.0906. The molecular weight excluding hydrogens is 231 g/mol. The van der Waals surface area contributed by atoms with Gasteiger partial charge in [-0.1, -0.05) is 17.7 Å². The first-order chi connectivity index (χ1) is 7.58. The number of amides is 1. The number of nitrogens with one attached hydrogen (secondary N) is 1. The maximum absolute atomic E-state index is 13.4. The molecule has 0 heterocycles. The zero-order valence-corrected chi connectivity index (χ0v) is 9.30. The third kappa shape index (κ3) is 2.18. The van der Waals surface area contributed by atoms with Crippen molar-refractivity contribution < 1.29 is 9.18 Å². The number of rotatable bonds is 2. The number of halogens is 2. The zero-order chi connectivity index (χ0) is 11.7. The zero-order valence-electron chi connectivity index (χ0n) is 8.54. The lowest BCUT2D eigenvalue weighted by Crippen LogP contribution is -2.50. The fourth-order valence-corrected chi connectivity index (χ4v) is 2.00. The van der Waals surface area contributed by atoms with Gasteiger partial charge in [0.2, 0.25) is 0 Å². The number of hydrogen-bond acceptors (Lipinski definition) is 2. The van der Waals surface area contributed by atoms with Crippen LogP contribution in [-0.2, 0) is 0 Å². The monoisotopic (exact) mass is 242 g/mol. The second kappa shape index (κ2) is 4.39. The van der Waals surface area contributed by atoms with Gasteiger partial charge >= 0.3 is 0 Å². The molecule has 3 N–H and O–H groups in total. The molecular formula is C11H12ClFN2O. The molecule has 5 heteroatoms. The largest absolute Gasteiger partial charge is 0.349 e. The Morgan fingerprint density at radius 1 is 1.50 bits per heavy atom. The summed E-state index contributed by atoms with van der Waals surface area (Å²) in [6, 6.07) is 4.35. The van der Waals surface area contributed by atoms with Crippen molar-refractivity contribution in [2.24, 2.45) is 5.73 Å². The summed E-state index contributed by atoms with van der Waals surface area (Å²) < 4.78 is 13.4. The van der Waals surface area contributed by atoms with Gasteiger partial charge < -0.3 is 11.1 Å². The molecule has 0 radical (unpaired) electrons. The molecule has 1 aliphatic carbocycles. The molecule has 1 amide bonds. The summed E-state index contributed by atoms with van der Waals surface area (Å²) in [7, 11) is 0. The maximum atomic E-state index is 13.4. The van der Waals surface area contributed by atoms with Gasteiger partial charge in [-0.05, 0) is 25.0 Å². The van der Waals surface area contributed by atoms with E-state index in [1.54, 1.807) is 0 Å². The lowest BCUT2D eigenvalue weighted by atomic mass is 9.87. The SMILES string of the molecule is NC1CC(NC(=O)c2c(F)cccc2Cl)C1. The van der Waals surface area contributed by atoms with Crippen molar-refractivity contribution in [3.63, 3.8) is 0 Å². The van der Waals surface area contributed by atoms with Gasteiger partial charge in [-0.3, -0.25) is 4.79 Å². The molecule has 1 aromatic carbocycles. The molecule has 0 atom stereocenters. The molecule has 0 bridgehead atoms. The lowest BCUT2D eigenvalue weighted by Gasteiger charge is -2.33. The molecule has 1 saturated carbocycles. The summed E-state index contributed by atoms with van der Waals surface area (Å²) in [5, 5.41) is 2.83. The summed E-state index contributed by atoms with van der Waals surface area (Å²) in [5.41, 5.74) is 5.50. The minimum atomic E-state index is -0.603. The van der Waals surface area contributed by atoms with Gasteiger partial charge in [0.25, 0.3) is 5.91 Å². The van der Waals surface area contributed by atoms with Crippen LogP contribution in [0, 0.1) is 5.82 Å². The van der Waals surface area contributed by atoms with Gasteiger partial charge in [0.05, 0.1) is 10.6 Å². The standard InChI is InChI=1S/C11H12ClFN2O/c12-8-2-1-3-9(13)10(8)11(16)15-7-4-6(14)5-7/h1-3,6-7H,4-5,14H2,(H,15,16). The Kier molecular flexibility index (Phi) is 3.12. The number of nitrogens with two attached hydrogens (primary N) is 1. The molecule has 1 aliphatic rings. The van der Waals surface area contributed by atoms with E-state index < -0.39 is 11.7 Å². The second-order valence-corrected chi connectivity index (χ2v) is 4.41. The Balaban J connectivity index is 2.09. The summed E-state index contributed by atoms with van der Waals surface area (Å²) in [5.74, 6) is -1.08. The van der Waals surface area contributed by atoms with Crippen LogP contribution in [0.2, 0.25) is 5.02 Å². The van der Waals surface area contributed by atoms with Crippen LogP contribution in [0.25, 0.3) is 0 Å². The van der Waals surface area contributed by atoms with Gasteiger partial charge in [0, 0.05) is 12.1 Å². The van der Waals surface area contributed by atoms with Crippen molar-refractivity contribution in [2.75, 3.05) is 0 Å². The minimum absolute atomic E-state index is 0.0400.